The van der Waals surface area contributed by atoms with E-state index < -0.39 is 5.97 Å². The Morgan fingerprint density at radius 3 is 2.92 bits per heavy atom. The number of hydrogen-bond donors (Lipinski definition) is 1. The van der Waals surface area contributed by atoms with Gasteiger partial charge in [-0.2, -0.15) is 0 Å². The van der Waals surface area contributed by atoms with Crippen LogP contribution in [0.15, 0.2) is 17.5 Å². The standard InChI is InChI=1S/C10H14O2S/c1-2-8(10(11)12)5-6-9-4-3-7-13-9/h3-4,7-8H,2,5-6H2,1H3,(H,11,12). The van der Waals surface area contributed by atoms with Gasteiger partial charge in [0.05, 0.1) is 5.92 Å². The normalized spacial score (nSPS) is 12.7. The molecule has 0 bridgehead atoms. The van der Waals surface area contributed by atoms with Gasteiger partial charge in [-0.05, 0) is 30.7 Å². The van der Waals surface area contributed by atoms with Crippen molar-refractivity contribution in [3.63, 3.8) is 0 Å². The molecule has 1 aromatic rings. The molecule has 0 amide bonds. The summed E-state index contributed by atoms with van der Waals surface area (Å²) in [5, 5.41) is 10.8. The van der Waals surface area contributed by atoms with Crippen LogP contribution >= 0.6 is 11.3 Å². The molecule has 0 spiro atoms. The van der Waals surface area contributed by atoms with Crippen LogP contribution in [-0.4, -0.2) is 11.1 Å². The fourth-order valence-corrected chi connectivity index (χ4v) is 2.00. The first-order valence-electron chi connectivity index (χ1n) is 4.49. The quantitative estimate of drug-likeness (QED) is 0.790. The Morgan fingerprint density at radius 2 is 2.46 bits per heavy atom. The van der Waals surface area contributed by atoms with Gasteiger partial charge < -0.3 is 5.11 Å². The van der Waals surface area contributed by atoms with E-state index in [-0.39, 0.29) is 5.92 Å². The highest BCUT2D eigenvalue weighted by Crippen LogP contribution is 2.16. The van der Waals surface area contributed by atoms with E-state index in [4.69, 9.17) is 5.11 Å². The van der Waals surface area contributed by atoms with Crippen LogP contribution in [0.3, 0.4) is 0 Å². The van der Waals surface area contributed by atoms with Gasteiger partial charge in [0, 0.05) is 4.88 Å². The molecule has 0 saturated heterocycles. The molecule has 1 rings (SSSR count). The third-order valence-electron chi connectivity index (χ3n) is 2.16. The van der Waals surface area contributed by atoms with Gasteiger partial charge in [-0.1, -0.05) is 13.0 Å². The van der Waals surface area contributed by atoms with Gasteiger partial charge >= 0.3 is 5.97 Å². The molecule has 3 heteroatoms. The van der Waals surface area contributed by atoms with Gasteiger partial charge in [-0.15, -0.1) is 11.3 Å². The summed E-state index contributed by atoms with van der Waals surface area (Å²) in [7, 11) is 0. The maximum atomic E-state index is 10.7. The molecule has 72 valence electrons. The van der Waals surface area contributed by atoms with E-state index in [0.717, 1.165) is 19.3 Å². The second-order valence-electron chi connectivity index (χ2n) is 3.06. The molecular formula is C10H14O2S. The molecule has 1 N–H and O–H groups in total. The number of rotatable bonds is 5. The first-order chi connectivity index (χ1) is 6.24. The van der Waals surface area contributed by atoms with Crippen LogP contribution in [0.4, 0.5) is 0 Å². The molecule has 13 heavy (non-hydrogen) atoms. The lowest BCUT2D eigenvalue weighted by atomic mass is 10.0. The zero-order chi connectivity index (χ0) is 9.68. The van der Waals surface area contributed by atoms with E-state index in [9.17, 15) is 4.79 Å². The van der Waals surface area contributed by atoms with Gasteiger partial charge in [0.15, 0.2) is 0 Å². The third kappa shape index (κ3) is 3.19. The van der Waals surface area contributed by atoms with Crippen molar-refractivity contribution < 1.29 is 9.90 Å². The lowest BCUT2D eigenvalue weighted by molar-refractivity contribution is -0.142. The predicted molar refractivity (Wildman–Crippen MR) is 54.1 cm³/mol. The molecular weight excluding hydrogens is 184 g/mol. The number of carbonyl (C=O) groups is 1. The smallest absolute Gasteiger partial charge is 0.306 e. The highest BCUT2D eigenvalue weighted by atomic mass is 32.1. The number of carboxylic acids is 1. The molecule has 0 aromatic carbocycles. The Bertz CT molecular complexity index is 254. The second kappa shape index (κ2) is 5.02. The summed E-state index contributed by atoms with van der Waals surface area (Å²) in [6.07, 6.45) is 2.37. The van der Waals surface area contributed by atoms with E-state index in [2.05, 4.69) is 6.07 Å². The summed E-state index contributed by atoms with van der Waals surface area (Å²) in [4.78, 5) is 12.0. The molecule has 1 atom stereocenters. The summed E-state index contributed by atoms with van der Waals surface area (Å²) in [5.74, 6) is -0.846. The van der Waals surface area contributed by atoms with Gasteiger partial charge in [-0.3, -0.25) is 4.79 Å². The Labute approximate surface area is 82.2 Å². The molecule has 1 aromatic heterocycles. The molecule has 1 unspecified atom stereocenters. The molecule has 0 aliphatic carbocycles. The maximum Gasteiger partial charge on any atom is 0.306 e. The average Bonchev–Trinajstić information content (AvgIpc) is 2.57. The van der Waals surface area contributed by atoms with Crippen LogP contribution in [-0.2, 0) is 11.2 Å². The lowest BCUT2D eigenvalue weighted by Crippen LogP contribution is -2.13. The van der Waals surface area contributed by atoms with Crippen molar-refractivity contribution in [1.82, 2.24) is 0 Å². The molecule has 0 fully saturated rings. The third-order valence-corrected chi connectivity index (χ3v) is 3.10. The second-order valence-corrected chi connectivity index (χ2v) is 4.09. The average molecular weight is 198 g/mol. The summed E-state index contributed by atoms with van der Waals surface area (Å²) in [6.45, 7) is 1.92. The van der Waals surface area contributed by atoms with E-state index in [1.54, 1.807) is 11.3 Å². The van der Waals surface area contributed by atoms with Crippen LogP contribution in [0, 0.1) is 5.92 Å². The number of aliphatic carboxylic acids is 1. The van der Waals surface area contributed by atoms with Crippen molar-refractivity contribution in [2.45, 2.75) is 26.2 Å². The van der Waals surface area contributed by atoms with Crippen LogP contribution in [0.5, 0.6) is 0 Å². The zero-order valence-corrected chi connectivity index (χ0v) is 8.51. The zero-order valence-electron chi connectivity index (χ0n) is 7.69. The molecule has 0 radical (unpaired) electrons. The lowest BCUT2D eigenvalue weighted by Gasteiger charge is -2.07. The molecule has 0 saturated carbocycles. The Balaban J connectivity index is 2.36. The van der Waals surface area contributed by atoms with E-state index in [1.807, 2.05) is 18.4 Å². The fourth-order valence-electron chi connectivity index (χ4n) is 1.27. The summed E-state index contributed by atoms with van der Waals surface area (Å²) in [6, 6.07) is 4.06. The van der Waals surface area contributed by atoms with E-state index >= 15 is 0 Å². The number of hydrogen-bond acceptors (Lipinski definition) is 2. The summed E-state index contributed by atoms with van der Waals surface area (Å²) >= 11 is 1.69. The van der Waals surface area contributed by atoms with Crippen molar-refractivity contribution in [1.29, 1.82) is 0 Å². The van der Waals surface area contributed by atoms with Crippen LogP contribution in [0.1, 0.15) is 24.6 Å². The Kier molecular flexibility index (Phi) is 3.96. The largest absolute Gasteiger partial charge is 0.481 e. The molecule has 0 aliphatic rings. The van der Waals surface area contributed by atoms with E-state index in [0.29, 0.717) is 0 Å². The van der Waals surface area contributed by atoms with Gasteiger partial charge in [-0.25, -0.2) is 0 Å². The Hall–Kier alpha value is -0.830. The van der Waals surface area contributed by atoms with Crippen molar-refractivity contribution in [3.8, 4) is 0 Å². The predicted octanol–water partition coefficient (Wildman–Crippen LogP) is 2.79. The minimum Gasteiger partial charge on any atom is -0.481 e. The highest BCUT2D eigenvalue weighted by molar-refractivity contribution is 7.09. The van der Waals surface area contributed by atoms with Crippen LogP contribution < -0.4 is 0 Å². The molecule has 2 nitrogen and oxygen atoms in total. The van der Waals surface area contributed by atoms with Crippen molar-refractivity contribution >= 4 is 17.3 Å². The van der Waals surface area contributed by atoms with Crippen molar-refractivity contribution in [3.05, 3.63) is 22.4 Å². The number of thiophene rings is 1. The Morgan fingerprint density at radius 1 is 1.69 bits per heavy atom. The number of aryl methyl sites for hydroxylation is 1. The van der Waals surface area contributed by atoms with Crippen molar-refractivity contribution in [2.75, 3.05) is 0 Å². The van der Waals surface area contributed by atoms with Crippen LogP contribution in [0.2, 0.25) is 0 Å². The number of carboxylic acid groups (broad SMARTS) is 1. The summed E-state index contributed by atoms with van der Waals surface area (Å²) in [5.41, 5.74) is 0. The minimum atomic E-state index is -0.668. The minimum absolute atomic E-state index is 0.179. The maximum absolute atomic E-state index is 10.7. The van der Waals surface area contributed by atoms with Gasteiger partial charge in [0.2, 0.25) is 0 Å². The van der Waals surface area contributed by atoms with Gasteiger partial charge in [0.1, 0.15) is 0 Å². The van der Waals surface area contributed by atoms with Gasteiger partial charge in [0.25, 0.3) is 0 Å². The van der Waals surface area contributed by atoms with Crippen molar-refractivity contribution in [2.24, 2.45) is 5.92 Å². The first kappa shape index (κ1) is 10.3. The molecule has 0 aliphatic heterocycles. The topological polar surface area (TPSA) is 37.3 Å². The van der Waals surface area contributed by atoms with Crippen LogP contribution in [0.25, 0.3) is 0 Å². The first-order valence-corrected chi connectivity index (χ1v) is 5.37. The monoisotopic (exact) mass is 198 g/mol. The SMILES string of the molecule is CCC(CCc1cccs1)C(=O)O. The molecule has 1 heterocycles. The van der Waals surface area contributed by atoms with E-state index in [1.165, 1.54) is 4.88 Å². The summed E-state index contributed by atoms with van der Waals surface area (Å²) < 4.78 is 0. The fraction of sp³-hybridized carbons (Fsp3) is 0.500. The highest BCUT2D eigenvalue weighted by Gasteiger charge is 2.14.